The molecular formula is C12H19ClN6O. The van der Waals surface area contributed by atoms with E-state index in [0.717, 1.165) is 25.9 Å². The van der Waals surface area contributed by atoms with Crippen LogP contribution >= 0.6 is 11.6 Å². The standard InChI is InChI=1S/C12H19ClN6O/c1-2-18(8-9(14)20)11-15-10(13)16-12(17-11)19-6-4-3-5-7-19/h2-8H2,1H3,(H2,14,20). The van der Waals surface area contributed by atoms with Gasteiger partial charge in [0.2, 0.25) is 23.1 Å². The Balaban J connectivity index is 2.24. The SMILES string of the molecule is CCN(CC(N)=O)c1nc(Cl)nc(N2CCCCC2)n1. The quantitative estimate of drug-likeness (QED) is 0.866. The highest BCUT2D eigenvalue weighted by atomic mass is 35.5. The number of anilines is 2. The summed E-state index contributed by atoms with van der Waals surface area (Å²) in [5.41, 5.74) is 5.23. The van der Waals surface area contributed by atoms with E-state index >= 15 is 0 Å². The molecule has 0 unspecified atom stereocenters. The van der Waals surface area contributed by atoms with E-state index in [1.54, 1.807) is 4.90 Å². The third kappa shape index (κ3) is 3.69. The van der Waals surface area contributed by atoms with Crippen LogP contribution in [0.3, 0.4) is 0 Å². The van der Waals surface area contributed by atoms with Crippen LogP contribution in [0, 0.1) is 0 Å². The lowest BCUT2D eigenvalue weighted by Crippen LogP contribution is -2.36. The summed E-state index contributed by atoms with van der Waals surface area (Å²) in [7, 11) is 0. The molecule has 0 spiro atoms. The van der Waals surface area contributed by atoms with Crippen LogP contribution in [0.2, 0.25) is 5.28 Å². The first-order chi connectivity index (χ1) is 9.60. The highest BCUT2D eigenvalue weighted by Gasteiger charge is 2.18. The molecule has 0 bridgehead atoms. The smallest absolute Gasteiger partial charge is 0.237 e. The van der Waals surface area contributed by atoms with Gasteiger partial charge >= 0.3 is 0 Å². The van der Waals surface area contributed by atoms with E-state index in [1.807, 2.05) is 6.92 Å². The number of primary amides is 1. The normalized spacial score (nSPS) is 15.2. The van der Waals surface area contributed by atoms with Crippen LogP contribution < -0.4 is 15.5 Å². The van der Waals surface area contributed by atoms with E-state index in [-0.39, 0.29) is 11.8 Å². The third-order valence-electron chi connectivity index (χ3n) is 3.23. The van der Waals surface area contributed by atoms with Gasteiger partial charge in [0.05, 0.1) is 6.54 Å². The molecule has 1 aromatic heterocycles. The van der Waals surface area contributed by atoms with Crippen LogP contribution in [0.15, 0.2) is 0 Å². The Morgan fingerprint density at radius 3 is 2.60 bits per heavy atom. The lowest BCUT2D eigenvalue weighted by molar-refractivity contribution is -0.116. The van der Waals surface area contributed by atoms with Gasteiger partial charge < -0.3 is 15.5 Å². The van der Waals surface area contributed by atoms with Crippen LogP contribution in [0.25, 0.3) is 0 Å². The minimum Gasteiger partial charge on any atom is -0.368 e. The first kappa shape index (κ1) is 14.8. The molecule has 0 saturated carbocycles. The van der Waals surface area contributed by atoms with Crippen molar-refractivity contribution in [1.82, 2.24) is 15.0 Å². The number of nitrogens with zero attached hydrogens (tertiary/aromatic N) is 5. The van der Waals surface area contributed by atoms with E-state index < -0.39 is 5.91 Å². The number of hydrogen-bond donors (Lipinski definition) is 1. The third-order valence-corrected chi connectivity index (χ3v) is 3.40. The zero-order valence-electron chi connectivity index (χ0n) is 11.5. The Kier molecular flexibility index (Phi) is 4.94. The molecule has 1 amide bonds. The maximum absolute atomic E-state index is 11.1. The van der Waals surface area contributed by atoms with Gasteiger partial charge in [-0.3, -0.25) is 4.79 Å². The van der Waals surface area contributed by atoms with Gasteiger partial charge in [0.15, 0.2) is 0 Å². The first-order valence-corrected chi connectivity index (χ1v) is 7.17. The van der Waals surface area contributed by atoms with Gasteiger partial charge in [-0.25, -0.2) is 0 Å². The van der Waals surface area contributed by atoms with Crippen LogP contribution in [0.5, 0.6) is 0 Å². The molecule has 1 aliphatic rings. The summed E-state index contributed by atoms with van der Waals surface area (Å²) in [5.74, 6) is 0.539. The predicted molar refractivity (Wildman–Crippen MR) is 78.0 cm³/mol. The number of carbonyl (C=O) groups is 1. The van der Waals surface area contributed by atoms with Crippen LogP contribution in [-0.2, 0) is 4.79 Å². The number of carbonyl (C=O) groups excluding carboxylic acids is 1. The summed E-state index contributed by atoms with van der Waals surface area (Å²) in [6.07, 6.45) is 3.47. The largest absolute Gasteiger partial charge is 0.368 e. The van der Waals surface area contributed by atoms with E-state index in [2.05, 4.69) is 19.9 Å². The number of amides is 1. The van der Waals surface area contributed by atoms with E-state index in [1.165, 1.54) is 6.42 Å². The summed E-state index contributed by atoms with van der Waals surface area (Å²) in [4.78, 5) is 27.5. The van der Waals surface area contributed by atoms with Gasteiger partial charge in [-0.1, -0.05) is 0 Å². The van der Waals surface area contributed by atoms with E-state index in [4.69, 9.17) is 17.3 Å². The Morgan fingerprint density at radius 2 is 2.00 bits per heavy atom. The molecule has 20 heavy (non-hydrogen) atoms. The number of hydrogen-bond acceptors (Lipinski definition) is 6. The Morgan fingerprint density at radius 1 is 1.30 bits per heavy atom. The van der Waals surface area contributed by atoms with Crippen molar-refractivity contribution in [3.63, 3.8) is 0 Å². The molecule has 0 aromatic carbocycles. The van der Waals surface area contributed by atoms with Crippen molar-refractivity contribution >= 4 is 29.4 Å². The van der Waals surface area contributed by atoms with Crippen molar-refractivity contribution in [3.8, 4) is 0 Å². The Labute approximate surface area is 123 Å². The van der Waals surface area contributed by atoms with Crippen molar-refractivity contribution in [1.29, 1.82) is 0 Å². The molecule has 2 N–H and O–H groups in total. The molecule has 1 saturated heterocycles. The average Bonchev–Trinajstić information content (AvgIpc) is 2.45. The molecule has 1 fully saturated rings. The van der Waals surface area contributed by atoms with Gasteiger partial charge in [-0.15, -0.1) is 0 Å². The number of halogens is 1. The molecule has 7 nitrogen and oxygen atoms in total. The molecule has 0 atom stereocenters. The fourth-order valence-corrected chi connectivity index (χ4v) is 2.37. The second-order valence-electron chi connectivity index (χ2n) is 4.73. The number of likely N-dealkylation sites (N-methyl/N-ethyl adjacent to an activating group) is 1. The Bertz CT molecular complexity index is 477. The molecule has 0 radical (unpaired) electrons. The van der Waals surface area contributed by atoms with E-state index in [9.17, 15) is 4.79 Å². The number of aromatic nitrogens is 3. The first-order valence-electron chi connectivity index (χ1n) is 6.80. The fourth-order valence-electron chi connectivity index (χ4n) is 2.22. The molecule has 0 aliphatic carbocycles. The second kappa shape index (κ2) is 6.69. The van der Waals surface area contributed by atoms with Crippen molar-refractivity contribution in [2.24, 2.45) is 5.73 Å². The summed E-state index contributed by atoms with van der Waals surface area (Å²) in [6, 6.07) is 0. The Hall–Kier alpha value is -1.63. The van der Waals surface area contributed by atoms with Gasteiger partial charge in [-0.05, 0) is 37.8 Å². The maximum Gasteiger partial charge on any atom is 0.237 e. The van der Waals surface area contributed by atoms with E-state index in [0.29, 0.717) is 18.4 Å². The molecule has 1 aliphatic heterocycles. The maximum atomic E-state index is 11.1. The van der Waals surface area contributed by atoms with Crippen molar-refractivity contribution < 1.29 is 4.79 Å². The monoisotopic (exact) mass is 298 g/mol. The van der Waals surface area contributed by atoms with Crippen molar-refractivity contribution in [3.05, 3.63) is 5.28 Å². The van der Waals surface area contributed by atoms with Crippen molar-refractivity contribution in [2.45, 2.75) is 26.2 Å². The summed E-state index contributed by atoms with van der Waals surface area (Å²) >= 11 is 5.98. The summed E-state index contributed by atoms with van der Waals surface area (Å²) < 4.78 is 0. The molecule has 2 heterocycles. The number of nitrogens with two attached hydrogens (primary N) is 1. The fraction of sp³-hybridized carbons (Fsp3) is 0.667. The minimum atomic E-state index is -0.428. The van der Waals surface area contributed by atoms with Gasteiger partial charge in [-0.2, -0.15) is 15.0 Å². The lowest BCUT2D eigenvalue weighted by atomic mass is 10.1. The molecule has 2 rings (SSSR count). The average molecular weight is 299 g/mol. The summed E-state index contributed by atoms with van der Waals surface area (Å²) in [6.45, 7) is 4.38. The van der Waals surface area contributed by atoms with Gasteiger partial charge in [0.25, 0.3) is 0 Å². The minimum absolute atomic E-state index is 0.0658. The van der Waals surface area contributed by atoms with Crippen molar-refractivity contribution in [2.75, 3.05) is 36.0 Å². The lowest BCUT2D eigenvalue weighted by Gasteiger charge is -2.27. The van der Waals surface area contributed by atoms with Crippen LogP contribution in [0.1, 0.15) is 26.2 Å². The van der Waals surface area contributed by atoms with Gasteiger partial charge in [0.1, 0.15) is 0 Å². The van der Waals surface area contributed by atoms with Crippen LogP contribution in [0.4, 0.5) is 11.9 Å². The summed E-state index contributed by atoms with van der Waals surface area (Å²) in [5, 5.41) is 0.137. The predicted octanol–water partition coefficient (Wildman–Crippen LogP) is 0.827. The van der Waals surface area contributed by atoms with Crippen LogP contribution in [-0.4, -0.2) is 47.0 Å². The molecule has 1 aromatic rings. The zero-order chi connectivity index (χ0) is 14.5. The topological polar surface area (TPSA) is 88.2 Å². The number of piperidine rings is 1. The second-order valence-corrected chi connectivity index (χ2v) is 5.07. The zero-order valence-corrected chi connectivity index (χ0v) is 12.3. The molecule has 8 heteroatoms. The van der Waals surface area contributed by atoms with Gasteiger partial charge in [0, 0.05) is 19.6 Å². The molecular weight excluding hydrogens is 280 g/mol. The highest BCUT2D eigenvalue weighted by Crippen LogP contribution is 2.20. The highest BCUT2D eigenvalue weighted by molar-refractivity contribution is 6.28. The number of rotatable bonds is 5. The molecule has 110 valence electrons.